The smallest absolute Gasteiger partial charge is 0.251 e. The van der Waals surface area contributed by atoms with E-state index in [2.05, 4.69) is 40.0 Å². The second kappa shape index (κ2) is 9.69. The van der Waals surface area contributed by atoms with Crippen LogP contribution in [-0.2, 0) is 6.54 Å². The van der Waals surface area contributed by atoms with E-state index in [0.717, 1.165) is 0 Å². The Kier molecular flexibility index (Phi) is 7.29. The minimum Gasteiger partial charge on any atom is -0.355 e. The number of carbonyl (C=O) groups excluding carboxylic acids is 1. The van der Waals surface area contributed by atoms with Gasteiger partial charge in [-0.25, -0.2) is 0 Å². The normalized spacial score (nSPS) is 11.1. The molecule has 0 atom stereocenters. The number of hydrogen-bond donors (Lipinski definition) is 3. The van der Waals surface area contributed by atoms with E-state index in [1.807, 2.05) is 12.1 Å². The number of nitrogens with zero attached hydrogens (tertiary/aromatic N) is 1. The number of aliphatic imine (C=N–C) groups is 1. The third-order valence-corrected chi connectivity index (χ3v) is 3.99. The van der Waals surface area contributed by atoms with Crippen LogP contribution in [-0.4, -0.2) is 32.0 Å². The van der Waals surface area contributed by atoms with E-state index in [1.165, 1.54) is 11.1 Å². The van der Waals surface area contributed by atoms with E-state index in [1.54, 1.807) is 31.3 Å². The molecule has 25 heavy (non-hydrogen) atoms. The van der Waals surface area contributed by atoms with Gasteiger partial charge in [-0.1, -0.05) is 35.9 Å². The Labute approximate surface area is 153 Å². The molecule has 0 aromatic heterocycles. The van der Waals surface area contributed by atoms with Gasteiger partial charge in [-0.3, -0.25) is 9.79 Å². The van der Waals surface area contributed by atoms with Gasteiger partial charge >= 0.3 is 0 Å². The molecule has 2 rings (SSSR count). The Morgan fingerprint density at radius 2 is 1.68 bits per heavy atom. The van der Waals surface area contributed by atoms with E-state index < -0.39 is 0 Å². The van der Waals surface area contributed by atoms with Crippen molar-refractivity contribution in [3.63, 3.8) is 0 Å². The van der Waals surface area contributed by atoms with Crippen molar-refractivity contribution in [1.29, 1.82) is 0 Å². The van der Waals surface area contributed by atoms with Gasteiger partial charge in [0.05, 0.1) is 0 Å². The predicted octanol–water partition coefficient (Wildman–Crippen LogP) is 2.74. The monoisotopic (exact) mass is 358 g/mol. The molecule has 6 heteroatoms. The maximum atomic E-state index is 12.0. The molecule has 132 valence electrons. The second-order valence-corrected chi connectivity index (χ2v) is 5.98. The number of aryl methyl sites for hydroxylation is 1. The molecule has 0 spiro atoms. The Balaban J connectivity index is 1.71. The standard InChI is InChI=1S/C19H23ClN4O/c1-14-5-3-4-6-16(14)13-24-19(21-2)23-12-11-22-18(25)15-7-9-17(20)10-8-15/h3-10H,11-13H2,1-2H3,(H,22,25)(H2,21,23,24). The lowest BCUT2D eigenvalue weighted by atomic mass is 10.1. The summed E-state index contributed by atoms with van der Waals surface area (Å²) in [5.41, 5.74) is 3.05. The SMILES string of the molecule is CN=C(NCCNC(=O)c1ccc(Cl)cc1)NCc1ccccc1C. The minimum absolute atomic E-state index is 0.124. The van der Waals surface area contributed by atoms with Gasteiger partial charge in [0.2, 0.25) is 0 Å². The lowest BCUT2D eigenvalue weighted by Gasteiger charge is -2.13. The first-order valence-corrected chi connectivity index (χ1v) is 8.50. The van der Waals surface area contributed by atoms with Crippen LogP contribution in [0.4, 0.5) is 0 Å². The fraction of sp³-hybridized carbons (Fsp3) is 0.263. The molecule has 0 bridgehead atoms. The number of guanidine groups is 1. The molecule has 0 aliphatic carbocycles. The van der Waals surface area contributed by atoms with Crippen LogP contribution in [0.3, 0.4) is 0 Å². The molecule has 0 saturated carbocycles. The Morgan fingerprint density at radius 1 is 1.00 bits per heavy atom. The third-order valence-electron chi connectivity index (χ3n) is 3.74. The molecule has 0 aliphatic rings. The van der Waals surface area contributed by atoms with Crippen LogP contribution in [0, 0.1) is 6.92 Å². The number of hydrogen-bond acceptors (Lipinski definition) is 2. The minimum atomic E-state index is -0.124. The number of amides is 1. The Morgan fingerprint density at radius 3 is 2.36 bits per heavy atom. The fourth-order valence-corrected chi connectivity index (χ4v) is 2.39. The summed E-state index contributed by atoms with van der Waals surface area (Å²) in [6.07, 6.45) is 0. The van der Waals surface area contributed by atoms with E-state index >= 15 is 0 Å². The van der Waals surface area contributed by atoms with Gasteiger partial charge in [-0.05, 0) is 42.3 Å². The van der Waals surface area contributed by atoms with Gasteiger partial charge in [0.1, 0.15) is 0 Å². The summed E-state index contributed by atoms with van der Waals surface area (Å²) in [4.78, 5) is 16.2. The molecule has 5 nitrogen and oxygen atoms in total. The van der Waals surface area contributed by atoms with Crippen LogP contribution in [0.5, 0.6) is 0 Å². The summed E-state index contributed by atoms with van der Waals surface area (Å²) in [6, 6.07) is 15.0. The Hall–Kier alpha value is -2.53. The van der Waals surface area contributed by atoms with Crippen LogP contribution in [0.15, 0.2) is 53.5 Å². The molecule has 2 aromatic carbocycles. The van der Waals surface area contributed by atoms with Crippen molar-refractivity contribution in [3.05, 3.63) is 70.2 Å². The quantitative estimate of drug-likeness (QED) is 0.422. The van der Waals surface area contributed by atoms with Crippen molar-refractivity contribution in [2.45, 2.75) is 13.5 Å². The van der Waals surface area contributed by atoms with Gasteiger partial charge in [-0.15, -0.1) is 0 Å². The molecular formula is C19H23ClN4O. The van der Waals surface area contributed by atoms with E-state index in [0.29, 0.717) is 36.2 Å². The first-order valence-electron chi connectivity index (χ1n) is 8.13. The van der Waals surface area contributed by atoms with Crippen LogP contribution in [0.1, 0.15) is 21.5 Å². The van der Waals surface area contributed by atoms with Crippen molar-refractivity contribution in [2.75, 3.05) is 20.1 Å². The molecule has 0 unspecified atom stereocenters. The summed E-state index contributed by atoms with van der Waals surface area (Å²) in [7, 11) is 1.72. The molecular weight excluding hydrogens is 336 g/mol. The highest BCUT2D eigenvalue weighted by molar-refractivity contribution is 6.30. The summed E-state index contributed by atoms with van der Waals surface area (Å²) in [6.45, 7) is 3.85. The molecule has 1 amide bonds. The van der Waals surface area contributed by atoms with Crippen molar-refractivity contribution in [1.82, 2.24) is 16.0 Å². The lowest BCUT2D eigenvalue weighted by Crippen LogP contribution is -2.41. The maximum absolute atomic E-state index is 12.0. The van der Waals surface area contributed by atoms with Gasteiger partial charge in [-0.2, -0.15) is 0 Å². The third kappa shape index (κ3) is 6.12. The van der Waals surface area contributed by atoms with Gasteiger partial charge in [0.25, 0.3) is 5.91 Å². The molecule has 3 N–H and O–H groups in total. The van der Waals surface area contributed by atoms with Crippen LogP contribution in [0.25, 0.3) is 0 Å². The van der Waals surface area contributed by atoms with Gasteiger partial charge < -0.3 is 16.0 Å². The summed E-state index contributed by atoms with van der Waals surface area (Å²) in [5.74, 6) is 0.574. The van der Waals surface area contributed by atoms with Crippen LogP contribution in [0.2, 0.25) is 5.02 Å². The van der Waals surface area contributed by atoms with Crippen LogP contribution >= 0.6 is 11.6 Å². The number of carbonyl (C=O) groups is 1. The number of nitrogens with one attached hydrogen (secondary N) is 3. The van der Waals surface area contributed by atoms with Crippen molar-refractivity contribution in [3.8, 4) is 0 Å². The zero-order valence-corrected chi connectivity index (χ0v) is 15.2. The zero-order valence-electron chi connectivity index (χ0n) is 14.5. The van der Waals surface area contributed by atoms with Crippen molar-refractivity contribution < 1.29 is 4.79 Å². The van der Waals surface area contributed by atoms with Crippen LogP contribution < -0.4 is 16.0 Å². The number of rotatable bonds is 6. The second-order valence-electron chi connectivity index (χ2n) is 5.54. The number of halogens is 1. The van der Waals surface area contributed by atoms with E-state index in [9.17, 15) is 4.79 Å². The number of benzene rings is 2. The average molecular weight is 359 g/mol. The predicted molar refractivity (Wildman–Crippen MR) is 103 cm³/mol. The molecule has 2 aromatic rings. The fourth-order valence-electron chi connectivity index (χ4n) is 2.27. The zero-order chi connectivity index (χ0) is 18.1. The lowest BCUT2D eigenvalue weighted by molar-refractivity contribution is 0.0954. The Bertz CT molecular complexity index is 728. The highest BCUT2D eigenvalue weighted by Gasteiger charge is 2.05. The molecule has 0 fully saturated rings. The average Bonchev–Trinajstić information content (AvgIpc) is 2.62. The largest absolute Gasteiger partial charge is 0.355 e. The summed E-state index contributed by atoms with van der Waals surface area (Å²) in [5, 5.41) is 9.91. The highest BCUT2D eigenvalue weighted by atomic mass is 35.5. The summed E-state index contributed by atoms with van der Waals surface area (Å²) >= 11 is 5.82. The van der Waals surface area contributed by atoms with E-state index in [4.69, 9.17) is 11.6 Å². The van der Waals surface area contributed by atoms with Gasteiger partial charge in [0, 0.05) is 37.3 Å². The highest BCUT2D eigenvalue weighted by Crippen LogP contribution is 2.09. The summed E-state index contributed by atoms with van der Waals surface area (Å²) < 4.78 is 0. The molecule has 0 saturated heterocycles. The van der Waals surface area contributed by atoms with E-state index in [-0.39, 0.29) is 5.91 Å². The molecule has 0 radical (unpaired) electrons. The van der Waals surface area contributed by atoms with Crippen molar-refractivity contribution >= 4 is 23.5 Å². The molecule has 0 aliphatic heterocycles. The van der Waals surface area contributed by atoms with Crippen molar-refractivity contribution in [2.24, 2.45) is 4.99 Å². The first-order chi connectivity index (χ1) is 12.1. The molecule has 0 heterocycles. The maximum Gasteiger partial charge on any atom is 0.251 e. The first kappa shape index (κ1) is 18.8. The van der Waals surface area contributed by atoms with Gasteiger partial charge in [0.15, 0.2) is 5.96 Å². The topological polar surface area (TPSA) is 65.5 Å².